The molecule has 2 amide bonds. The molecule has 0 aliphatic carbocycles. The van der Waals surface area contributed by atoms with E-state index in [-0.39, 0.29) is 12.4 Å². The second kappa shape index (κ2) is 10.2. The van der Waals surface area contributed by atoms with E-state index in [4.69, 9.17) is 4.74 Å². The third kappa shape index (κ3) is 5.99. The van der Waals surface area contributed by atoms with Crippen molar-refractivity contribution in [3.63, 3.8) is 0 Å². The van der Waals surface area contributed by atoms with Crippen molar-refractivity contribution >= 4 is 23.7 Å². The van der Waals surface area contributed by atoms with Crippen molar-refractivity contribution in [3.05, 3.63) is 94.8 Å². The van der Waals surface area contributed by atoms with Crippen LogP contribution in [-0.2, 0) is 16.2 Å². The molecule has 31 heavy (non-hydrogen) atoms. The average molecular weight is 419 g/mol. The number of ether oxygens (including phenoxy) is 1. The molecule has 7 heteroatoms. The lowest BCUT2D eigenvalue weighted by molar-refractivity contribution is -0.136. The van der Waals surface area contributed by atoms with Crippen molar-refractivity contribution < 1.29 is 18.7 Å². The number of halogens is 1. The lowest BCUT2D eigenvalue weighted by Crippen LogP contribution is -2.32. The van der Waals surface area contributed by atoms with Crippen LogP contribution >= 0.6 is 0 Å². The van der Waals surface area contributed by atoms with Gasteiger partial charge < -0.3 is 10.1 Å². The minimum atomic E-state index is -0.892. The molecule has 0 radical (unpaired) electrons. The van der Waals surface area contributed by atoms with E-state index >= 15 is 0 Å². The van der Waals surface area contributed by atoms with Crippen LogP contribution in [0.2, 0.25) is 0 Å². The maximum Gasteiger partial charge on any atom is 0.329 e. The number of hydrogen-bond acceptors (Lipinski definition) is 4. The Bertz CT molecular complexity index is 1110. The Balaban J connectivity index is 1.60. The Labute approximate surface area is 179 Å². The van der Waals surface area contributed by atoms with Crippen LogP contribution in [0, 0.1) is 19.7 Å². The summed E-state index contributed by atoms with van der Waals surface area (Å²) < 4.78 is 19.1. The summed E-state index contributed by atoms with van der Waals surface area (Å²) in [6.07, 6.45) is 1.38. The predicted molar refractivity (Wildman–Crippen MR) is 117 cm³/mol. The van der Waals surface area contributed by atoms with Crippen molar-refractivity contribution in [2.24, 2.45) is 5.10 Å². The Kier molecular flexibility index (Phi) is 7.11. The van der Waals surface area contributed by atoms with E-state index in [9.17, 15) is 14.0 Å². The minimum Gasteiger partial charge on any atom is -0.488 e. The van der Waals surface area contributed by atoms with Gasteiger partial charge >= 0.3 is 11.8 Å². The van der Waals surface area contributed by atoms with Gasteiger partial charge in [-0.2, -0.15) is 5.10 Å². The van der Waals surface area contributed by atoms with Gasteiger partial charge in [0.1, 0.15) is 18.2 Å². The number of nitrogens with one attached hydrogen (secondary N) is 2. The molecule has 0 unspecified atom stereocenters. The molecule has 0 saturated heterocycles. The van der Waals surface area contributed by atoms with Gasteiger partial charge in [0, 0.05) is 11.3 Å². The molecular weight excluding hydrogens is 397 g/mol. The van der Waals surface area contributed by atoms with Gasteiger partial charge in [0.15, 0.2) is 0 Å². The molecule has 0 spiro atoms. The van der Waals surface area contributed by atoms with Crippen molar-refractivity contribution in [1.29, 1.82) is 0 Å². The Morgan fingerprint density at radius 1 is 0.968 bits per heavy atom. The molecule has 3 rings (SSSR count). The molecule has 0 heterocycles. The predicted octanol–water partition coefficient (Wildman–Crippen LogP) is 4.11. The first-order valence-corrected chi connectivity index (χ1v) is 9.61. The van der Waals surface area contributed by atoms with E-state index in [1.54, 1.807) is 36.4 Å². The topological polar surface area (TPSA) is 79.8 Å². The quantitative estimate of drug-likeness (QED) is 0.359. The number of rotatable bonds is 6. The fraction of sp³-hybridized carbons (Fsp3) is 0.125. The van der Waals surface area contributed by atoms with Crippen LogP contribution in [0.5, 0.6) is 5.75 Å². The zero-order valence-electron chi connectivity index (χ0n) is 17.2. The first-order chi connectivity index (χ1) is 14.9. The van der Waals surface area contributed by atoms with Crippen molar-refractivity contribution in [1.82, 2.24) is 5.43 Å². The van der Waals surface area contributed by atoms with Crippen LogP contribution in [0.4, 0.5) is 10.1 Å². The van der Waals surface area contributed by atoms with Gasteiger partial charge in [-0.15, -0.1) is 0 Å². The van der Waals surface area contributed by atoms with Gasteiger partial charge in [-0.1, -0.05) is 42.5 Å². The third-order valence-corrected chi connectivity index (χ3v) is 4.50. The molecule has 3 aromatic rings. The maximum absolute atomic E-state index is 13.3. The van der Waals surface area contributed by atoms with Crippen LogP contribution in [0.1, 0.15) is 22.3 Å². The number of amides is 2. The van der Waals surface area contributed by atoms with Gasteiger partial charge in [-0.05, 0) is 54.8 Å². The first-order valence-electron chi connectivity index (χ1n) is 9.61. The molecule has 0 saturated carbocycles. The van der Waals surface area contributed by atoms with Crippen LogP contribution in [-0.4, -0.2) is 18.0 Å². The summed E-state index contributed by atoms with van der Waals surface area (Å²) in [5.41, 5.74) is 5.80. The number of hydrogen-bond donors (Lipinski definition) is 2. The summed E-state index contributed by atoms with van der Waals surface area (Å²) in [6, 6.07) is 18.7. The summed E-state index contributed by atoms with van der Waals surface area (Å²) in [5, 5.41) is 6.45. The molecule has 0 aromatic heterocycles. The molecule has 0 aliphatic rings. The molecule has 6 nitrogen and oxygen atoms in total. The van der Waals surface area contributed by atoms with Crippen molar-refractivity contribution in [3.8, 4) is 5.75 Å². The summed E-state index contributed by atoms with van der Waals surface area (Å²) >= 11 is 0. The molecule has 0 bridgehead atoms. The molecule has 0 aliphatic heterocycles. The van der Waals surface area contributed by atoms with E-state index < -0.39 is 11.8 Å². The van der Waals surface area contributed by atoms with Crippen LogP contribution in [0.25, 0.3) is 0 Å². The number of hydrazone groups is 1. The van der Waals surface area contributed by atoms with E-state index in [1.165, 1.54) is 18.3 Å². The second-order valence-electron chi connectivity index (χ2n) is 6.88. The summed E-state index contributed by atoms with van der Waals surface area (Å²) in [7, 11) is 0. The molecular formula is C24H22FN3O3. The van der Waals surface area contributed by atoms with Crippen LogP contribution in [0.15, 0.2) is 71.8 Å². The molecule has 158 valence electrons. The molecule has 3 aromatic carbocycles. The first kappa shape index (κ1) is 21.7. The van der Waals surface area contributed by atoms with Gasteiger partial charge in [0.05, 0.1) is 6.21 Å². The number of anilines is 1. The van der Waals surface area contributed by atoms with Crippen molar-refractivity contribution in [2.45, 2.75) is 20.5 Å². The monoisotopic (exact) mass is 419 g/mol. The largest absolute Gasteiger partial charge is 0.488 e. The van der Waals surface area contributed by atoms with Gasteiger partial charge in [-0.25, -0.2) is 9.82 Å². The lowest BCUT2D eigenvalue weighted by atomic mass is 10.1. The fourth-order valence-corrected chi connectivity index (χ4v) is 2.90. The second-order valence-corrected chi connectivity index (χ2v) is 6.88. The number of aryl methyl sites for hydroxylation is 2. The molecule has 2 N–H and O–H groups in total. The van der Waals surface area contributed by atoms with Crippen molar-refractivity contribution in [2.75, 3.05) is 5.32 Å². The van der Waals surface area contributed by atoms with E-state index in [0.29, 0.717) is 22.6 Å². The number of benzene rings is 3. The Morgan fingerprint density at radius 3 is 2.42 bits per heavy atom. The highest BCUT2D eigenvalue weighted by molar-refractivity contribution is 6.39. The summed E-state index contributed by atoms with van der Waals surface area (Å²) in [5.74, 6) is -1.54. The SMILES string of the molecule is Cc1cccc(C)c1NC(=O)C(=O)N/N=C\c1ccccc1OCc1cccc(F)c1. The zero-order valence-corrected chi connectivity index (χ0v) is 17.2. The lowest BCUT2D eigenvalue weighted by Gasteiger charge is -2.10. The zero-order chi connectivity index (χ0) is 22.2. The smallest absolute Gasteiger partial charge is 0.329 e. The van der Waals surface area contributed by atoms with Gasteiger partial charge in [0.25, 0.3) is 0 Å². The normalized spacial score (nSPS) is 10.7. The van der Waals surface area contributed by atoms with E-state index in [0.717, 1.165) is 11.1 Å². The Hall–Kier alpha value is -4.00. The summed E-state index contributed by atoms with van der Waals surface area (Å²) in [6.45, 7) is 3.87. The minimum absolute atomic E-state index is 0.174. The van der Waals surface area contributed by atoms with Crippen LogP contribution < -0.4 is 15.5 Å². The highest BCUT2D eigenvalue weighted by atomic mass is 19.1. The fourth-order valence-electron chi connectivity index (χ4n) is 2.90. The highest BCUT2D eigenvalue weighted by Crippen LogP contribution is 2.19. The van der Waals surface area contributed by atoms with E-state index in [1.807, 2.05) is 32.0 Å². The number of para-hydroxylation sites is 2. The number of nitrogens with zero attached hydrogens (tertiary/aromatic N) is 1. The average Bonchev–Trinajstić information content (AvgIpc) is 2.75. The molecule has 0 atom stereocenters. The van der Waals surface area contributed by atoms with Gasteiger partial charge in [-0.3, -0.25) is 9.59 Å². The van der Waals surface area contributed by atoms with E-state index in [2.05, 4.69) is 15.8 Å². The standard InChI is InChI=1S/C24H22FN3O3/c1-16-7-5-8-17(2)22(16)27-23(29)24(30)28-26-14-19-10-3-4-12-21(19)31-15-18-9-6-11-20(25)13-18/h3-14H,15H2,1-2H3,(H,27,29)(H,28,30)/b26-14-. The third-order valence-electron chi connectivity index (χ3n) is 4.50. The highest BCUT2D eigenvalue weighted by Gasteiger charge is 2.15. The maximum atomic E-state index is 13.3. The molecule has 0 fully saturated rings. The Morgan fingerprint density at radius 2 is 1.68 bits per heavy atom. The van der Waals surface area contributed by atoms with Crippen LogP contribution in [0.3, 0.4) is 0 Å². The number of carbonyl (C=O) groups is 2. The summed E-state index contributed by atoms with van der Waals surface area (Å²) in [4.78, 5) is 24.2. The van der Waals surface area contributed by atoms with Gasteiger partial charge in [0.2, 0.25) is 0 Å². The number of carbonyl (C=O) groups excluding carboxylic acids is 2.